The summed E-state index contributed by atoms with van der Waals surface area (Å²) in [5.41, 5.74) is 2.40. The molecule has 0 aliphatic rings. The van der Waals surface area contributed by atoms with Gasteiger partial charge in [-0.3, -0.25) is 9.59 Å². The van der Waals surface area contributed by atoms with Gasteiger partial charge in [0.2, 0.25) is 0 Å². The van der Waals surface area contributed by atoms with Gasteiger partial charge >= 0.3 is 0 Å². The van der Waals surface area contributed by atoms with Crippen molar-refractivity contribution in [2.24, 2.45) is 0 Å². The summed E-state index contributed by atoms with van der Waals surface area (Å²) in [6.45, 7) is 0.637. The van der Waals surface area contributed by atoms with Crippen molar-refractivity contribution >= 4 is 22.7 Å². The third-order valence-corrected chi connectivity index (χ3v) is 4.47. The molecule has 0 aliphatic carbocycles. The fourth-order valence-corrected chi connectivity index (χ4v) is 3.05. The van der Waals surface area contributed by atoms with E-state index in [1.807, 2.05) is 42.5 Å². The normalized spacial score (nSPS) is 10.6. The van der Waals surface area contributed by atoms with E-state index < -0.39 is 0 Å². The highest BCUT2D eigenvalue weighted by Crippen LogP contribution is 2.25. The molecule has 6 nitrogen and oxygen atoms in total. The molecule has 2 aromatic heterocycles. The van der Waals surface area contributed by atoms with Crippen LogP contribution in [0.3, 0.4) is 0 Å². The van der Waals surface area contributed by atoms with Gasteiger partial charge in [0.05, 0.1) is 17.3 Å². The summed E-state index contributed by atoms with van der Waals surface area (Å²) >= 11 is 0. The zero-order valence-electron chi connectivity index (χ0n) is 15.6. The first kappa shape index (κ1) is 18.4. The van der Waals surface area contributed by atoms with Crippen molar-refractivity contribution in [2.75, 3.05) is 13.1 Å². The monoisotopic (exact) mass is 385 g/mol. The van der Waals surface area contributed by atoms with Crippen LogP contribution in [-0.4, -0.2) is 29.9 Å². The fourth-order valence-electron chi connectivity index (χ4n) is 3.05. The summed E-state index contributed by atoms with van der Waals surface area (Å²) in [5.74, 6) is 0.194. The topological polar surface area (TPSA) is 84.2 Å². The Hall–Kier alpha value is -3.93. The third kappa shape index (κ3) is 4.16. The molecule has 2 N–H and O–H groups in total. The molecular formula is C23H19N3O3. The first-order valence-electron chi connectivity index (χ1n) is 9.27. The number of rotatable bonds is 6. The number of carbonyl (C=O) groups is 2. The minimum Gasteiger partial charge on any atom is -0.463 e. The lowest BCUT2D eigenvalue weighted by Crippen LogP contribution is -2.34. The molecule has 144 valence electrons. The SMILES string of the molecule is O=C(NCCNC(=O)c1cc(-c2ccco2)nc2ccccc12)c1ccccc1. The lowest BCUT2D eigenvalue weighted by Gasteiger charge is -2.10. The Labute approximate surface area is 167 Å². The molecule has 0 saturated heterocycles. The van der Waals surface area contributed by atoms with Gasteiger partial charge < -0.3 is 15.1 Å². The van der Waals surface area contributed by atoms with E-state index in [-0.39, 0.29) is 11.8 Å². The van der Waals surface area contributed by atoms with Crippen molar-refractivity contribution in [3.8, 4) is 11.5 Å². The Morgan fingerprint density at radius 3 is 2.31 bits per heavy atom. The second-order valence-electron chi connectivity index (χ2n) is 6.43. The number of fused-ring (bicyclic) bond motifs is 1. The summed E-state index contributed by atoms with van der Waals surface area (Å²) in [7, 11) is 0. The highest BCUT2D eigenvalue weighted by Gasteiger charge is 2.14. The van der Waals surface area contributed by atoms with Gasteiger partial charge in [-0.05, 0) is 36.4 Å². The van der Waals surface area contributed by atoms with Gasteiger partial charge in [-0.1, -0.05) is 36.4 Å². The number of aromatic nitrogens is 1. The lowest BCUT2D eigenvalue weighted by molar-refractivity contribution is 0.0928. The van der Waals surface area contributed by atoms with E-state index in [2.05, 4.69) is 15.6 Å². The van der Waals surface area contributed by atoms with Gasteiger partial charge in [-0.15, -0.1) is 0 Å². The standard InChI is InChI=1S/C23H19N3O3/c27-22(16-7-2-1-3-8-16)24-12-13-25-23(28)18-15-20(21-11-6-14-29-21)26-19-10-5-4-9-17(18)19/h1-11,14-15H,12-13H2,(H,24,27)(H,25,28). The predicted octanol–water partition coefficient (Wildman–Crippen LogP) is 3.65. The number of hydrogen-bond donors (Lipinski definition) is 2. The lowest BCUT2D eigenvalue weighted by atomic mass is 10.1. The van der Waals surface area contributed by atoms with Crippen molar-refractivity contribution < 1.29 is 14.0 Å². The van der Waals surface area contributed by atoms with Gasteiger partial charge in [0.25, 0.3) is 11.8 Å². The largest absolute Gasteiger partial charge is 0.463 e. The quantitative estimate of drug-likeness (QED) is 0.496. The van der Waals surface area contributed by atoms with Crippen molar-refractivity contribution in [3.05, 3.63) is 90.2 Å². The zero-order valence-corrected chi connectivity index (χ0v) is 15.6. The molecular weight excluding hydrogens is 366 g/mol. The Morgan fingerprint density at radius 1 is 0.828 bits per heavy atom. The number of hydrogen-bond acceptors (Lipinski definition) is 4. The number of pyridine rings is 1. The van der Waals surface area contributed by atoms with Crippen molar-refractivity contribution in [2.45, 2.75) is 0 Å². The molecule has 4 aromatic rings. The molecule has 6 heteroatoms. The van der Waals surface area contributed by atoms with E-state index in [9.17, 15) is 9.59 Å². The van der Waals surface area contributed by atoms with E-state index in [4.69, 9.17) is 4.42 Å². The minimum absolute atomic E-state index is 0.172. The molecule has 4 rings (SSSR count). The highest BCUT2D eigenvalue weighted by molar-refractivity contribution is 6.07. The van der Waals surface area contributed by atoms with Gasteiger partial charge in [0.1, 0.15) is 5.69 Å². The average molecular weight is 385 g/mol. The molecule has 0 fully saturated rings. The van der Waals surface area contributed by atoms with E-state index in [1.54, 1.807) is 36.6 Å². The average Bonchev–Trinajstić information content (AvgIpc) is 3.31. The molecule has 0 radical (unpaired) electrons. The van der Waals surface area contributed by atoms with Crippen LogP contribution in [0.2, 0.25) is 0 Å². The number of furan rings is 1. The molecule has 2 aromatic carbocycles. The van der Waals surface area contributed by atoms with Crippen LogP contribution in [-0.2, 0) is 0 Å². The van der Waals surface area contributed by atoms with Gasteiger partial charge in [0, 0.05) is 24.0 Å². The Kier molecular flexibility index (Phi) is 5.33. The van der Waals surface area contributed by atoms with Crippen LogP contribution in [0.25, 0.3) is 22.4 Å². The maximum absolute atomic E-state index is 12.8. The first-order valence-corrected chi connectivity index (χ1v) is 9.27. The van der Waals surface area contributed by atoms with Crippen LogP contribution in [0.5, 0.6) is 0 Å². The summed E-state index contributed by atoms with van der Waals surface area (Å²) < 4.78 is 5.43. The van der Waals surface area contributed by atoms with Crippen LogP contribution >= 0.6 is 0 Å². The molecule has 29 heavy (non-hydrogen) atoms. The van der Waals surface area contributed by atoms with Gasteiger partial charge in [0.15, 0.2) is 5.76 Å². The first-order chi connectivity index (χ1) is 14.2. The molecule has 2 amide bonds. The zero-order chi connectivity index (χ0) is 20.1. The Morgan fingerprint density at radius 2 is 1.55 bits per heavy atom. The maximum atomic E-state index is 12.8. The minimum atomic E-state index is -0.231. The number of para-hydroxylation sites is 1. The number of nitrogens with zero attached hydrogens (tertiary/aromatic N) is 1. The second-order valence-corrected chi connectivity index (χ2v) is 6.43. The predicted molar refractivity (Wildman–Crippen MR) is 111 cm³/mol. The molecule has 0 bridgehead atoms. The van der Waals surface area contributed by atoms with E-state index in [1.165, 1.54) is 0 Å². The van der Waals surface area contributed by atoms with Crippen LogP contribution in [0.4, 0.5) is 0 Å². The molecule has 0 atom stereocenters. The number of carbonyl (C=O) groups excluding carboxylic acids is 2. The number of amides is 2. The third-order valence-electron chi connectivity index (χ3n) is 4.47. The van der Waals surface area contributed by atoms with Crippen molar-refractivity contribution in [3.63, 3.8) is 0 Å². The van der Waals surface area contributed by atoms with Crippen LogP contribution in [0.15, 0.2) is 83.5 Å². The van der Waals surface area contributed by atoms with Crippen molar-refractivity contribution in [1.82, 2.24) is 15.6 Å². The van der Waals surface area contributed by atoms with Gasteiger partial charge in [-0.25, -0.2) is 4.98 Å². The Bertz CT molecular complexity index is 1140. The molecule has 0 saturated carbocycles. The number of benzene rings is 2. The Balaban J connectivity index is 1.46. The van der Waals surface area contributed by atoms with Crippen LogP contribution in [0, 0.1) is 0 Å². The highest BCUT2D eigenvalue weighted by atomic mass is 16.3. The maximum Gasteiger partial charge on any atom is 0.252 e. The van der Waals surface area contributed by atoms with E-state index >= 15 is 0 Å². The number of nitrogens with one attached hydrogen (secondary N) is 2. The molecule has 0 unspecified atom stereocenters. The molecule has 2 heterocycles. The summed E-state index contributed by atoms with van der Waals surface area (Å²) in [6, 6.07) is 21.7. The fraction of sp³-hybridized carbons (Fsp3) is 0.0870. The van der Waals surface area contributed by atoms with E-state index in [0.29, 0.717) is 41.2 Å². The van der Waals surface area contributed by atoms with E-state index in [0.717, 1.165) is 5.39 Å². The molecule has 0 aliphatic heterocycles. The smallest absolute Gasteiger partial charge is 0.252 e. The summed E-state index contributed by atoms with van der Waals surface area (Å²) in [6.07, 6.45) is 1.57. The van der Waals surface area contributed by atoms with Gasteiger partial charge in [-0.2, -0.15) is 0 Å². The summed E-state index contributed by atoms with van der Waals surface area (Å²) in [4.78, 5) is 29.5. The second kappa shape index (κ2) is 8.39. The molecule has 0 spiro atoms. The summed E-state index contributed by atoms with van der Waals surface area (Å²) in [5, 5.41) is 6.41. The van der Waals surface area contributed by atoms with Crippen molar-refractivity contribution in [1.29, 1.82) is 0 Å². The van der Waals surface area contributed by atoms with Crippen LogP contribution in [0.1, 0.15) is 20.7 Å². The van der Waals surface area contributed by atoms with Crippen LogP contribution < -0.4 is 10.6 Å².